The van der Waals surface area contributed by atoms with E-state index in [9.17, 15) is 18.8 Å². The molecule has 6 nitrogen and oxygen atoms in total. The SMILES string of the molecule is CC(=O)NC(C(=O)OCC(=O)c1cc(C)n(-c2cccc(F)c2)c1C)C1CCCC1. The second kappa shape index (κ2) is 9.24. The largest absolute Gasteiger partial charge is 0.456 e. The molecule has 1 N–H and O–H groups in total. The molecule has 2 aromatic rings. The summed E-state index contributed by atoms with van der Waals surface area (Å²) in [6, 6.07) is 7.11. The van der Waals surface area contributed by atoms with Crippen LogP contribution in [0.4, 0.5) is 4.39 Å². The van der Waals surface area contributed by atoms with Gasteiger partial charge in [0.2, 0.25) is 11.7 Å². The first-order valence-electron chi connectivity index (χ1n) is 10.2. The Balaban J connectivity index is 1.72. The Hall–Kier alpha value is -2.96. The molecule has 0 spiro atoms. The minimum absolute atomic E-state index is 0.0366. The van der Waals surface area contributed by atoms with E-state index >= 15 is 0 Å². The maximum absolute atomic E-state index is 13.6. The number of aryl methyl sites for hydroxylation is 1. The number of esters is 1. The fourth-order valence-corrected chi connectivity index (χ4v) is 4.24. The van der Waals surface area contributed by atoms with Gasteiger partial charge in [0, 0.05) is 29.6 Å². The number of nitrogens with one attached hydrogen (secondary N) is 1. The Labute approximate surface area is 175 Å². The van der Waals surface area contributed by atoms with Crippen LogP contribution in [0.5, 0.6) is 0 Å². The summed E-state index contributed by atoms with van der Waals surface area (Å²) in [5.74, 6) is -1.54. The number of ketones is 1. The molecule has 1 fully saturated rings. The van der Waals surface area contributed by atoms with Crippen molar-refractivity contribution < 1.29 is 23.5 Å². The highest BCUT2D eigenvalue weighted by atomic mass is 19.1. The lowest BCUT2D eigenvalue weighted by molar-refractivity contribution is -0.148. The molecule has 3 rings (SSSR count). The van der Waals surface area contributed by atoms with E-state index in [1.54, 1.807) is 29.7 Å². The number of hydrogen-bond donors (Lipinski definition) is 1. The number of amides is 1. The van der Waals surface area contributed by atoms with Crippen LogP contribution >= 0.6 is 0 Å². The third kappa shape index (κ3) is 4.78. The quantitative estimate of drug-likeness (QED) is 0.554. The van der Waals surface area contributed by atoms with Crippen molar-refractivity contribution in [1.29, 1.82) is 0 Å². The smallest absolute Gasteiger partial charge is 0.329 e. The first kappa shape index (κ1) is 21.7. The van der Waals surface area contributed by atoms with Gasteiger partial charge in [-0.15, -0.1) is 0 Å². The Morgan fingerprint density at radius 3 is 2.53 bits per heavy atom. The summed E-state index contributed by atoms with van der Waals surface area (Å²) >= 11 is 0. The Kier molecular flexibility index (Phi) is 6.70. The van der Waals surface area contributed by atoms with E-state index in [-0.39, 0.29) is 23.4 Å². The van der Waals surface area contributed by atoms with Gasteiger partial charge in [0.25, 0.3) is 0 Å². The van der Waals surface area contributed by atoms with E-state index < -0.39 is 18.6 Å². The number of carbonyl (C=O) groups excluding carboxylic acids is 3. The predicted octanol–water partition coefficient (Wildman–Crippen LogP) is 3.65. The number of benzene rings is 1. The summed E-state index contributed by atoms with van der Waals surface area (Å²) in [5.41, 5.74) is 2.46. The molecule has 1 aliphatic carbocycles. The highest BCUT2D eigenvalue weighted by molar-refractivity contribution is 5.99. The van der Waals surface area contributed by atoms with Gasteiger partial charge < -0.3 is 14.6 Å². The summed E-state index contributed by atoms with van der Waals surface area (Å²) in [6.07, 6.45) is 3.73. The number of Topliss-reactive ketones (excluding diaryl/α,β-unsaturated/α-hetero) is 1. The van der Waals surface area contributed by atoms with Crippen LogP contribution in [-0.4, -0.2) is 34.9 Å². The van der Waals surface area contributed by atoms with Crippen LogP contribution in [0.25, 0.3) is 5.69 Å². The topological polar surface area (TPSA) is 77.4 Å². The standard InChI is InChI=1S/C23H27FN2O4/c1-14-11-20(15(2)26(14)19-10-6-9-18(24)12-19)21(28)13-30-23(29)22(25-16(3)27)17-7-4-5-8-17/h6,9-12,17,22H,4-5,7-8,13H2,1-3H3,(H,25,27). The zero-order chi connectivity index (χ0) is 21.8. The maximum atomic E-state index is 13.6. The fourth-order valence-electron chi connectivity index (χ4n) is 4.24. The molecule has 0 bridgehead atoms. The summed E-state index contributed by atoms with van der Waals surface area (Å²) in [6.45, 7) is 4.55. The molecular formula is C23H27FN2O4. The van der Waals surface area contributed by atoms with Gasteiger partial charge in [0.15, 0.2) is 6.61 Å². The number of nitrogens with zero attached hydrogens (tertiary/aromatic N) is 1. The van der Waals surface area contributed by atoms with Gasteiger partial charge in [0.1, 0.15) is 11.9 Å². The number of halogens is 1. The van der Waals surface area contributed by atoms with E-state index in [2.05, 4.69) is 5.32 Å². The minimum Gasteiger partial charge on any atom is -0.456 e. The van der Waals surface area contributed by atoms with Crippen LogP contribution in [0, 0.1) is 25.6 Å². The van der Waals surface area contributed by atoms with Crippen LogP contribution in [0.15, 0.2) is 30.3 Å². The van der Waals surface area contributed by atoms with Gasteiger partial charge >= 0.3 is 5.97 Å². The van der Waals surface area contributed by atoms with Crippen molar-refractivity contribution in [1.82, 2.24) is 9.88 Å². The third-order valence-corrected chi connectivity index (χ3v) is 5.63. The molecule has 1 atom stereocenters. The molecule has 30 heavy (non-hydrogen) atoms. The molecular weight excluding hydrogens is 387 g/mol. The predicted molar refractivity (Wildman–Crippen MR) is 110 cm³/mol. The lowest BCUT2D eigenvalue weighted by Gasteiger charge is -2.22. The van der Waals surface area contributed by atoms with E-state index in [0.717, 1.165) is 31.4 Å². The highest BCUT2D eigenvalue weighted by Crippen LogP contribution is 2.28. The molecule has 1 heterocycles. The Morgan fingerprint density at radius 2 is 1.90 bits per heavy atom. The molecule has 0 aliphatic heterocycles. The van der Waals surface area contributed by atoms with E-state index in [0.29, 0.717) is 16.9 Å². The van der Waals surface area contributed by atoms with Gasteiger partial charge in [0.05, 0.1) is 0 Å². The van der Waals surface area contributed by atoms with Crippen molar-refractivity contribution in [3.63, 3.8) is 0 Å². The van der Waals surface area contributed by atoms with E-state index in [1.807, 2.05) is 6.92 Å². The minimum atomic E-state index is -0.725. The Morgan fingerprint density at radius 1 is 1.20 bits per heavy atom. The number of rotatable bonds is 7. The molecule has 1 aromatic carbocycles. The molecule has 0 radical (unpaired) electrons. The second-order valence-corrected chi connectivity index (χ2v) is 7.85. The van der Waals surface area contributed by atoms with Crippen molar-refractivity contribution in [2.45, 2.75) is 52.5 Å². The maximum Gasteiger partial charge on any atom is 0.329 e. The molecule has 1 saturated carbocycles. The van der Waals surface area contributed by atoms with E-state index in [1.165, 1.54) is 19.1 Å². The first-order chi connectivity index (χ1) is 14.3. The first-order valence-corrected chi connectivity index (χ1v) is 10.2. The van der Waals surface area contributed by atoms with Gasteiger partial charge in [-0.05, 0) is 56.9 Å². The van der Waals surface area contributed by atoms with Crippen LogP contribution < -0.4 is 5.32 Å². The number of aromatic nitrogens is 1. The van der Waals surface area contributed by atoms with Gasteiger partial charge in [-0.1, -0.05) is 18.9 Å². The average molecular weight is 414 g/mol. The summed E-state index contributed by atoms with van der Waals surface area (Å²) in [4.78, 5) is 36.8. The van der Waals surface area contributed by atoms with E-state index in [4.69, 9.17) is 4.74 Å². The molecule has 1 unspecified atom stereocenters. The molecule has 1 amide bonds. The van der Waals surface area contributed by atoms with Crippen molar-refractivity contribution in [3.8, 4) is 5.69 Å². The van der Waals surface area contributed by atoms with Gasteiger partial charge in [-0.25, -0.2) is 9.18 Å². The number of ether oxygens (including phenoxy) is 1. The normalized spacial score (nSPS) is 15.1. The summed E-state index contributed by atoms with van der Waals surface area (Å²) in [5, 5.41) is 2.67. The van der Waals surface area contributed by atoms with Crippen molar-refractivity contribution in [3.05, 3.63) is 53.1 Å². The third-order valence-electron chi connectivity index (χ3n) is 5.63. The average Bonchev–Trinajstić information content (AvgIpc) is 3.32. The van der Waals surface area contributed by atoms with Gasteiger partial charge in [-0.2, -0.15) is 0 Å². The van der Waals surface area contributed by atoms with Crippen LogP contribution in [0.2, 0.25) is 0 Å². The molecule has 160 valence electrons. The zero-order valence-electron chi connectivity index (χ0n) is 17.5. The van der Waals surface area contributed by atoms with Crippen LogP contribution in [0.3, 0.4) is 0 Å². The van der Waals surface area contributed by atoms with Crippen LogP contribution in [0.1, 0.15) is 54.4 Å². The molecule has 1 aliphatic rings. The van der Waals surface area contributed by atoms with Crippen molar-refractivity contribution in [2.24, 2.45) is 5.92 Å². The fraction of sp³-hybridized carbons (Fsp3) is 0.435. The monoisotopic (exact) mass is 414 g/mol. The second-order valence-electron chi connectivity index (χ2n) is 7.85. The lowest BCUT2D eigenvalue weighted by Crippen LogP contribution is -2.45. The Bertz CT molecular complexity index is 960. The van der Waals surface area contributed by atoms with Crippen LogP contribution in [-0.2, 0) is 14.3 Å². The molecule has 0 saturated heterocycles. The van der Waals surface area contributed by atoms with Gasteiger partial charge in [-0.3, -0.25) is 9.59 Å². The molecule has 7 heteroatoms. The summed E-state index contributed by atoms with van der Waals surface area (Å²) in [7, 11) is 0. The highest BCUT2D eigenvalue weighted by Gasteiger charge is 2.33. The van der Waals surface area contributed by atoms with Crippen molar-refractivity contribution >= 4 is 17.7 Å². The van der Waals surface area contributed by atoms with Crippen molar-refractivity contribution in [2.75, 3.05) is 6.61 Å². The lowest BCUT2D eigenvalue weighted by atomic mass is 9.98. The molecule has 1 aromatic heterocycles. The number of hydrogen-bond acceptors (Lipinski definition) is 4. The zero-order valence-corrected chi connectivity index (χ0v) is 17.5. The summed E-state index contributed by atoms with van der Waals surface area (Å²) < 4.78 is 20.7. The number of carbonyl (C=O) groups is 3.